The highest BCUT2D eigenvalue weighted by Crippen LogP contribution is 2.40. The largest absolute Gasteiger partial charge is 0.440 e. The van der Waals surface area contributed by atoms with Gasteiger partial charge in [-0.25, -0.2) is 9.98 Å². The number of rotatable bonds is 6. The third-order valence-electron chi connectivity index (χ3n) is 10.2. The van der Waals surface area contributed by atoms with Crippen LogP contribution in [0.3, 0.4) is 0 Å². The highest BCUT2D eigenvalue weighted by molar-refractivity contribution is 6.21. The van der Waals surface area contributed by atoms with Crippen molar-refractivity contribution < 1.29 is 4.42 Å². The normalized spacial score (nSPS) is 15.0. The van der Waals surface area contributed by atoms with Crippen LogP contribution in [0, 0.1) is 0 Å². The molecule has 1 unspecified atom stereocenters. The van der Waals surface area contributed by atoms with E-state index in [1.165, 1.54) is 27.5 Å². The Morgan fingerprint density at radius 3 is 1.96 bits per heavy atom. The van der Waals surface area contributed by atoms with E-state index < -0.39 is 6.17 Å². The Kier molecular flexibility index (Phi) is 7.54. The molecule has 2 aliphatic heterocycles. The van der Waals surface area contributed by atoms with E-state index in [4.69, 9.17) is 14.4 Å². The molecule has 2 aliphatic rings. The van der Waals surface area contributed by atoms with Crippen LogP contribution in [0.5, 0.6) is 0 Å². The third kappa shape index (κ3) is 5.69. The lowest BCUT2D eigenvalue weighted by molar-refractivity contribution is 0.628. The predicted molar refractivity (Wildman–Crippen MR) is 219 cm³/mol. The van der Waals surface area contributed by atoms with Crippen LogP contribution in [0.25, 0.3) is 61.2 Å². The van der Waals surface area contributed by atoms with Crippen molar-refractivity contribution in [2.45, 2.75) is 6.17 Å². The molecule has 0 aliphatic carbocycles. The summed E-state index contributed by atoms with van der Waals surface area (Å²) in [7, 11) is 0. The van der Waals surface area contributed by atoms with E-state index in [0.29, 0.717) is 0 Å². The Balaban J connectivity index is 1.10. The zero-order chi connectivity index (χ0) is 35.1. The number of nitrogens with one attached hydrogen (secondary N) is 2. The van der Waals surface area contributed by atoms with Crippen molar-refractivity contribution in [2.24, 2.45) is 9.98 Å². The summed E-state index contributed by atoms with van der Waals surface area (Å²) in [4.78, 5) is 10.5. The molecule has 53 heavy (non-hydrogen) atoms. The van der Waals surface area contributed by atoms with Gasteiger partial charge >= 0.3 is 0 Å². The number of furan rings is 1. The number of benzene rings is 7. The van der Waals surface area contributed by atoms with Gasteiger partial charge in [0.1, 0.15) is 17.3 Å². The molecule has 3 heterocycles. The van der Waals surface area contributed by atoms with E-state index in [-0.39, 0.29) is 0 Å². The monoisotopic (exact) mass is 682 g/mol. The van der Waals surface area contributed by atoms with Gasteiger partial charge in [-0.3, -0.25) is 0 Å². The summed E-state index contributed by atoms with van der Waals surface area (Å²) in [6.07, 6.45) is 3.82. The summed E-state index contributed by atoms with van der Waals surface area (Å²) < 4.78 is 6.51. The topological polar surface area (TPSA) is 61.9 Å². The van der Waals surface area contributed by atoms with Gasteiger partial charge in [0.2, 0.25) is 5.88 Å². The Hall–Kier alpha value is -6.98. The fraction of sp³-hybridized carbons (Fsp3) is 0.0417. The second-order valence-corrected chi connectivity index (χ2v) is 13.4. The third-order valence-corrected chi connectivity index (χ3v) is 10.2. The summed E-state index contributed by atoms with van der Waals surface area (Å²) in [5.74, 6) is 2.29. The standard InChI is InChI=1S/C48H34N4O/c1-3-11-31(12-4-1)32-20-22-33(23-21-32)38-29-42(44-41-19-10-28-49-48(41)53-43(44)30-38)47-51-45(36-14-5-2-6-15-36)50-46(52-47)37-26-24-35(25-27-37)40-18-9-16-34-13-7-8-17-39(34)40/h1-27,29-30,46,49H,28H2,(H,50,51,52). The van der Waals surface area contributed by atoms with Crippen LogP contribution in [-0.2, 0) is 0 Å². The average molecular weight is 683 g/mol. The second kappa shape index (κ2) is 13.0. The van der Waals surface area contributed by atoms with Gasteiger partial charge in [0.05, 0.1) is 0 Å². The Bertz CT molecular complexity index is 2720. The molecule has 7 aromatic carbocycles. The number of hydrogen-bond acceptors (Lipinski definition) is 5. The smallest absolute Gasteiger partial charge is 0.201 e. The van der Waals surface area contributed by atoms with E-state index >= 15 is 0 Å². The van der Waals surface area contributed by atoms with E-state index in [0.717, 1.165) is 74.0 Å². The number of amidine groups is 2. The minimum atomic E-state index is -0.455. The van der Waals surface area contributed by atoms with Gasteiger partial charge in [-0.1, -0.05) is 164 Å². The van der Waals surface area contributed by atoms with Crippen molar-refractivity contribution in [1.29, 1.82) is 0 Å². The highest BCUT2D eigenvalue weighted by atomic mass is 16.3. The van der Waals surface area contributed by atoms with Gasteiger partial charge in [0, 0.05) is 28.6 Å². The van der Waals surface area contributed by atoms with Crippen molar-refractivity contribution in [3.63, 3.8) is 0 Å². The molecular formula is C48H34N4O. The second-order valence-electron chi connectivity index (χ2n) is 13.4. The maximum absolute atomic E-state index is 6.51. The van der Waals surface area contributed by atoms with Crippen molar-refractivity contribution in [3.05, 3.63) is 192 Å². The highest BCUT2D eigenvalue weighted by Gasteiger charge is 2.26. The van der Waals surface area contributed by atoms with Crippen molar-refractivity contribution in [2.75, 3.05) is 11.9 Å². The van der Waals surface area contributed by atoms with Crippen molar-refractivity contribution in [1.82, 2.24) is 5.32 Å². The van der Waals surface area contributed by atoms with E-state index in [9.17, 15) is 0 Å². The first-order valence-corrected chi connectivity index (χ1v) is 18.0. The first-order chi connectivity index (χ1) is 26.2. The number of nitrogens with zero attached hydrogens (tertiary/aromatic N) is 2. The lowest BCUT2D eigenvalue weighted by Gasteiger charge is -2.23. The lowest BCUT2D eigenvalue weighted by Crippen LogP contribution is -2.36. The van der Waals surface area contributed by atoms with E-state index in [2.05, 4.69) is 162 Å². The maximum Gasteiger partial charge on any atom is 0.201 e. The Morgan fingerprint density at radius 1 is 0.528 bits per heavy atom. The SMILES string of the molecule is C1=Cc2c(oc3cc(-c4ccc(-c5ccccc5)cc4)cc(C4=NC(c5ccc(-c6cccc7ccccc67)cc5)N=C(c5ccccc5)N4)c23)NC1. The van der Waals surface area contributed by atoms with Crippen molar-refractivity contribution in [3.8, 4) is 33.4 Å². The minimum Gasteiger partial charge on any atom is -0.440 e. The van der Waals surface area contributed by atoms with Gasteiger partial charge in [-0.2, -0.15) is 0 Å². The molecule has 0 spiro atoms. The molecule has 0 saturated carbocycles. The summed E-state index contributed by atoms with van der Waals surface area (Å²) in [5.41, 5.74) is 11.7. The Labute approximate surface area is 307 Å². The maximum atomic E-state index is 6.51. The first-order valence-electron chi connectivity index (χ1n) is 18.0. The molecule has 1 aromatic heterocycles. The molecule has 252 valence electrons. The molecule has 0 bridgehead atoms. The summed E-state index contributed by atoms with van der Waals surface area (Å²) in [5, 5.41) is 10.6. The fourth-order valence-electron chi connectivity index (χ4n) is 7.50. The summed E-state index contributed by atoms with van der Waals surface area (Å²) >= 11 is 0. The minimum absolute atomic E-state index is 0.455. The molecule has 0 fully saturated rings. The van der Waals surface area contributed by atoms with Gasteiger partial charge < -0.3 is 15.1 Å². The number of fused-ring (bicyclic) bond motifs is 4. The summed E-state index contributed by atoms with van der Waals surface area (Å²) in [6.45, 7) is 0.719. The predicted octanol–water partition coefficient (Wildman–Crippen LogP) is 11.5. The molecule has 0 amide bonds. The first kappa shape index (κ1) is 30.8. The zero-order valence-electron chi connectivity index (χ0n) is 28.8. The molecule has 10 rings (SSSR count). The molecule has 5 heteroatoms. The molecule has 2 N–H and O–H groups in total. The van der Waals surface area contributed by atoms with Crippen LogP contribution in [-0.4, -0.2) is 18.2 Å². The lowest BCUT2D eigenvalue weighted by atomic mass is 9.95. The molecular weight excluding hydrogens is 649 g/mol. The number of aliphatic imine (C=N–C) groups is 2. The average Bonchev–Trinajstić information content (AvgIpc) is 3.62. The van der Waals surface area contributed by atoms with E-state index in [1.807, 2.05) is 24.3 Å². The molecule has 0 radical (unpaired) electrons. The van der Waals surface area contributed by atoms with Crippen molar-refractivity contribution >= 4 is 45.4 Å². The van der Waals surface area contributed by atoms with Crippen LogP contribution < -0.4 is 10.6 Å². The molecule has 1 atom stereocenters. The molecule has 8 aromatic rings. The number of anilines is 1. The fourth-order valence-corrected chi connectivity index (χ4v) is 7.50. The molecule has 5 nitrogen and oxygen atoms in total. The Morgan fingerprint density at radius 2 is 1.17 bits per heavy atom. The van der Waals surface area contributed by atoms with Gasteiger partial charge in [0.15, 0.2) is 6.17 Å². The number of hydrogen-bond donors (Lipinski definition) is 2. The quantitative estimate of drug-likeness (QED) is 0.183. The van der Waals surface area contributed by atoms with Gasteiger partial charge in [0.25, 0.3) is 0 Å². The van der Waals surface area contributed by atoms with Crippen LogP contribution in [0.2, 0.25) is 0 Å². The zero-order valence-corrected chi connectivity index (χ0v) is 28.8. The summed E-state index contributed by atoms with van der Waals surface area (Å²) in [6, 6.07) is 57.5. The van der Waals surface area contributed by atoms with Crippen LogP contribution >= 0.6 is 0 Å². The van der Waals surface area contributed by atoms with Crippen LogP contribution in [0.1, 0.15) is 28.4 Å². The van der Waals surface area contributed by atoms with Gasteiger partial charge in [-0.05, 0) is 61.8 Å². The van der Waals surface area contributed by atoms with Crippen LogP contribution in [0.15, 0.2) is 184 Å². The van der Waals surface area contributed by atoms with Crippen LogP contribution in [0.4, 0.5) is 5.88 Å². The van der Waals surface area contributed by atoms with Gasteiger partial charge in [-0.15, -0.1) is 0 Å². The molecule has 0 saturated heterocycles. The van der Waals surface area contributed by atoms with E-state index in [1.54, 1.807) is 0 Å².